The lowest BCUT2D eigenvalue weighted by Gasteiger charge is -2.02. The van der Waals surface area contributed by atoms with Crippen LogP contribution in [0.25, 0.3) is 22.3 Å². The van der Waals surface area contributed by atoms with Gasteiger partial charge in [0.1, 0.15) is 0 Å². The van der Waals surface area contributed by atoms with E-state index < -0.39 is 0 Å². The van der Waals surface area contributed by atoms with Gasteiger partial charge in [-0.15, -0.1) is 0 Å². The molecule has 20 heavy (non-hydrogen) atoms. The first kappa shape index (κ1) is 11.2. The number of carbonyl (C=O) groups excluding carboxylic acids is 1. The van der Waals surface area contributed by atoms with Crippen molar-refractivity contribution in [2.45, 2.75) is 6.42 Å². The maximum Gasteiger partial charge on any atom is 0.251 e. The SMILES string of the molecule is O=C1NCCc2c(-c3ccccn3)[nH]c3cccc1c23. The number of benzene rings is 1. The van der Waals surface area contributed by atoms with Crippen LogP contribution in [0.3, 0.4) is 0 Å². The molecule has 1 aliphatic rings. The van der Waals surface area contributed by atoms with Crippen molar-refractivity contribution in [3.05, 3.63) is 53.7 Å². The summed E-state index contributed by atoms with van der Waals surface area (Å²) in [5.74, 6) is 0.000853. The van der Waals surface area contributed by atoms with Crippen LogP contribution < -0.4 is 5.32 Å². The Bertz CT molecular complexity index is 805. The maximum atomic E-state index is 12.1. The van der Waals surface area contributed by atoms with Gasteiger partial charge in [-0.1, -0.05) is 12.1 Å². The van der Waals surface area contributed by atoms with Crippen molar-refractivity contribution in [3.8, 4) is 11.4 Å². The summed E-state index contributed by atoms with van der Waals surface area (Å²) in [5, 5.41) is 3.97. The molecule has 3 aromatic rings. The fraction of sp³-hybridized carbons (Fsp3) is 0.125. The molecule has 4 nitrogen and oxygen atoms in total. The summed E-state index contributed by atoms with van der Waals surface area (Å²) >= 11 is 0. The van der Waals surface area contributed by atoms with E-state index in [-0.39, 0.29) is 5.91 Å². The molecule has 4 rings (SSSR count). The van der Waals surface area contributed by atoms with Gasteiger partial charge in [0.2, 0.25) is 0 Å². The van der Waals surface area contributed by atoms with E-state index in [4.69, 9.17) is 0 Å². The number of H-pyrrole nitrogens is 1. The first-order valence-electron chi connectivity index (χ1n) is 6.68. The van der Waals surface area contributed by atoms with E-state index >= 15 is 0 Å². The van der Waals surface area contributed by atoms with Gasteiger partial charge >= 0.3 is 0 Å². The molecule has 0 saturated carbocycles. The standard InChI is InChI=1S/C16H13N3O/c20-16-11-4-3-6-12-14(11)10(7-9-18-16)15(19-12)13-5-1-2-8-17-13/h1-6,8,19H,7,9H2,(H,18,20). The van der Waals surface area contributed by atoms with Gasteiger partial charge in [-0.3, -0.25) is 9.78 Å². The van der Waals surface area contributed by atoms with Crippen LogP contribution in [-0.2, 0) is 6.42 Å². The number of pyridine rings is 1. The van der Waals surface area contributed by atoms with Gasteiger partial charge in [-0.25, -0.2) is 0 Å². The summed E-state index contributed by atoms with van der Waals surface area (Å²) in [6.07, 6.45) is 2.60. The minimum absolute atomic E-state index is 0.000853. The number of hydrogen-bond donors (Lipinski definition) is 2. The lowest BCUT2D eigenvalue weighted by Crippen LogP contribution is -2.23. The Hall–Kier alpha value is -2.62. The zero-order valence-electron chi connectivity index (χ0n) is 10.8. The first-order chi connectivity index (χ1) is 9.84. The number of carbonyl (C=O) groups is 1. The Kier molecular flexibility index (Phi) is 2.36. The van der Waals surface area contributed by atoms with Crippen molar-refractivity contribution in [2.24, 2.45) is 0 Å². The highest BCUT2D eigenvalue weighted by atomic mass is 16.1. The Morgan fingerprint density at radius 1 is 1.10 bits per heavy atom. The maximum absolute atomic E-state index is 12.1. The first-order valence-corrected chi connectivity index (χ1v) is 6.68. The van der Waals surface area contributed by atoms with Gasteiger partial charge in [0.05, 0.1) is 11.4 Å². The number of amides is 1. The zero-order valence-corrected chi connectivity index (χ0v) is 10.8. The van der Waals surface area contributed by atoms with Gasteiger partial charge < -0.3 is 10.3 Å². The average Bonchev–Trinajstić information content (AvgIpc) is 2.78. The second-order valence-corrected chi connectivity index (χ2v) is 4.93. The number of aromatic nitrogens is 2. The highest BCUT2D eigenvalue weighted by Crippen LogP contribution is 2.32. The molecule has 0 bridgehead atoms. The summed E-state index contributed by atoms with van der Waals surface area (Å²) in [4.78, 5) is 19.9. The predicted octanol–water partition coefficient (Wildman–Crippen LogP) is 2.52. The molecule has 0 fully saturated rings. The highest BCUT2D eigenvalue weighted by molar-refractivity contribution is 6.10. The largest absolute Gasteiger partial charge is 0.353 e. The third kappa shape index (κ3) is 1.54. The average molecular weight is 263 g/mol. The number of hydrogen-bond acceptors (Lipinski definition) is 2. The van der Waals surface area contributed by atoms with E-state index in [1.165, 1.54) is 5.56 Å². The van der Waals surface area contributed by atoms with E-state index in [0.29, 0.717) is 6.54 Å². The van der Waals surface area contributed by atoms with Crippen molar-refractivity contribution in [3.63, 3.8) is 0 Å². The van der Waals surface area contributed by atoms with Crippen LogP contribution in [-0.4, -0.2) is 22.4 Å². The fourth-order valence-electron chi connectivity index (χ4n) is 2.88. The van der Waals surface area contributed by atoms with Crippen molar-refractivity contribution >= 4 is 16.8 Å². The lowest BCUT2D eigenvalue weighted by atomic mass is 10.0. The monoisotopic (exact) mass is 263 g/mol. The number of nitrogens with zero attached hydrogens (tertiary/aromatic N) is 1. The topological polar surface area (TPSA) is 57.8 Å². The number of aromatic amines is 1. The molecule has 0 unspecified atom stereocenters. The molecule has 0 aliphatic carbocycles. The van der Waals surface area contributed by atoms with Crippen LogP contribution >= 0.6 is 0 Å². The van der Waals surface area contributed by atoms with Crippen LogP contribution in [0.5, 0.6) is 0 Å². The molecular formula is C16H13N3O. The van der Waals surface area contributed by atoms with E-state index in [1.807, 2.05) is 36.4 Å². The fourth-order valence-corrected chi connectivity index (χ4v) is 2.88. The van der Waals surface area contributed by atoms with E-state index in [9.17, 15) is 4.79 Å². The minimum Gasteiger partial charge on any atom is -0.353 e. The van der Waals surface area contributed by atoms with Crippen LogP contribution in [0.1, 0.15) is 15.9 Å². The third-order valence-corrected chi connectivity index (χ3v) is 3.75. The van der Waals surface area contributed by atoms with E-state index in [2.05, 4.69) is 15.3 Å². The van der Waals surface area contributed by atoms with Crippen molar-refractivity contribution in [2.75, 3.05) is 6.54 Å². The molecule has 2 aromatic heterocycles. The summed E-state index contributed by atoms with van der Waals surface area (Å²) < 4.78 is 0. The van der Waals surface area contributed by atoms with E-state index in [0.717, 1.165) is 34.3 Å². The Balaban J connectivity index is 2.07. The number of rotatable bonds is 1. The minimum atomic E-state index is 0.000853. The molecule has 1 aromatic carbocycles. The molecule has 0 atom stereocenters. The van der Waals surface area contributed by atoms with Gasteiger partial charge in [0.15, 0.2) is 0 Å². The second kappa shape index (κ2) is 4.20. The van der Waals surface area contributed by atoms with Gasteiger partial charge in [0, 0.05) is 29.2 Å². The molecule has 1 aliphatic heterocycles. The Morgan fingerprint density at radius 2 is 2.05 bits per heavy atom. The van der Waals surface area contributed by atoms with Crippen molar-refractivity contribution in [1.82, 2.24) is 15.3 Å². The molecule has 0 spiro atoms. The van der Waals surface area contributed by atoms with Crippen molar-refractivity contribution in [1.29, 1.82) is 0 Å². The normalized spacial score (nSPS) is 14.1. The second-order valence-electron chi connectivity index (χ2n) is 4.93. The molecule has 2 N–H and O–H groups in total. The molecule has 98 valence electrons. The molecule has 1 amide bonds. The molecule has 4 heteroatoms. The summed E-state index contributed by atoms with van der Waals surface area (Å²) in [7, 11) is 0. The molecule has 0 radical (unpaired) electrons. The summed E-state index contributed by atoms with van der Waals surface area (Å²) in [5.41, 5.74) is 4.85. The summed E-state index contributed by atoms with van der Waals surface area (Å²) in [6, 6.07) is 11.7. The van der Waals surface area contributed by atoms with Crippen LogP contribution in [0.2, 0.25) is 0 Å². The van der Waals surface area contributed by atoms with Crippen LogP contribution in [0.4, 0.5) is 0 Å². The van der Waals surface area contributed by atoms with Crippen LogP contribution in [0, 0.1) is 0 Å². The number of nitrogens with one attached hydrogen (secondary N) is 2. The zero-order chi connectivity index (χ0) is 13.5. The summed E-state index contributed by atoms with van der Waals surface area (Å²) in [6.45, 7) is 0.653. The quantitative estimate of drug-likeness (QED) is 0.708. The molecular weight excluding hydrogens is 250 g/mol. The predicted molar refractivity (Wildman–Crippen MR) is 77.6 cm³/mol. The Labute approximate surface area is 115 Å². The van der Waals surface area contributed by atoms with Gasteiger partial charge in [0.25, 0.3) is 5.91 Å². The lowest BCUT2D eigenvalue weighted by molar-refractivity contribution is 0.0957. The molecule has 3 heterocycles. The smallest absolute Gasteiger partial charge is 0.251 e. The third-order valence-electron chi connectivity index (χ3n) is 3.75. The van der Waals surface area contributed by atoms with Crippen molar-refractivity contribution < 1.29 is 4.79 Å². The molecule has 0 saturated heterocycles. The van der Waals surface area contributed by atoms with E-state index in [1.54, 1.807) is 6.20 Å². The van der Waals surface area contributed by atoms with Crippen LogP contribution in [0.15, 0.2) is 42.6 Å². The van der Waals surface area contributed by atoms with Gasteiger partial charge in [-0.05, 0) is 36.2 Å². The highest BCUT2D eigenvalue weighted by Gasteiger charge is 2.22. The van der Waals surface area contributed by atoms with Gasteiger partial charge in [-0.2, -0.15) is 0 Å². The Morgan fingerprint density at radius 3 is 2.90 bits per heavy atom.